The van der Waals surface area contributed by atoms with Crippen molar-refractivity contribution in [1.82, 2.24) is 4.90 Å². The maximum absolute atomic E-state index is 12.7. The predicted molar refractivity (Wildman–Crippen MR) is 112 cm³/mol. The molecule has 4 nitrogen and oxygen atoms in total. The fourth-order valence-corrected chi connectivity index (χ4v) is 4.20. The molecule has 27 heavy (non-hydrogen) atoms. The van der Waals surface area contributed by atoms with Crippen molar-refractivity contribution >= 4 is 34.9 Å². The normalized spacial score (nSPS) is 15.0. The summed E-state index contributed by atoms with van der Waals surface area (Å²) in [6.07, 6.45) is 9.19. The van der Waals surface area contributed by atoms with Crippen LogP contribution in [0.5, 0.6) is 0 Å². The van der Waals surface area contributed by atoms with Crippen molar-refractivity contribution in [2.45, 2.75) is 45.1 Å². The van der Waals surface area contributed by atoms with Crippen molar-refractivity contribution in [3.8, 4) is 0 Å². The summed E-state index contributed by atoms with van der Waals surface area (Å²) in [4.78, 5) is 28.9. The van der Waals surface area contributed by atoms with Crippen molar-refractivity contribution < 1.29 is 9.59 Å². The lowest BCUT2D eigenvalue weighted by molar-refractivity contribution is -0.111. The number of hydrogen-bond donors (Lipinski definition) is 1. The molecule has 1 N–H and O–H groups in total. The van der Waals surface area contributed by atoms with Crippen LogP contribution in [0.4, 0.5) is 5.69 Å². The van der Waals surface area contributed by atoms with Gasteiger partial charge in [-0.3, -0.25) is 9.59 Å². The van der Waals surface area contributed by atoms with Crippen LogP contribution >= 0.6 is 11.3 Å². The van der Waals surface area contributed by atoms with Gasteiger partial charge in [-0.05, 0) is 62.2 Å². The van der Waals surface area contributed by atoms with Gasteiger partial charge in [0.15, 0.2) is 0 Å². The number of carbonyl (C=O) groups excluding carboxylic acids is 2. The van der Waals surface area contributed by atoms with E-state index in [4.69, 9.17) is 0 Å². The molecule has 2 amide bonds. The van der Waals surface area contributed by atoms with E-state index in [0.717, 1.165) is 17.7 Å². The number of rotatable bonds is 5. The summed E-state index contributed by atoms with van der Waals surface area (Å²) in [5, 5.41) is 2.83. The lowest BCUT2D eigenvalue weighted by Gasteiger charge is -2.31. The molecule has 1 aliphatic carbocycles. The van der Waals surface area contributed by atoms with Gasteiger partial charge in [-0.1, -0.05) is 19.3 Å². The molecule has 3 rings (SSSR count). The molecule has 0 saturated heterocycles. The highest BCUT2D eigenvalue weighted by molar-refractivity contribution is 7.12. The second-order valence-electron chi connectivity index (χ2n) is 7.06. The molecule has 1 fully saturated rings. The van der Waals surface area contributed by atoms with Gasteiger partial charge in [0, 0.05) is 40.2 Å². The second-order valence-corrected chi connectivity index (χ2v) is 8.38. The number of amides is 2. The van der Waals surface area contributed by atoms with E-state index in [1.807, 2.05) is 37.1 Å². The Morgan fingerprint density at radius 3 is 2.41 bits per heavy atom. The molecule has 0 atom stereocenters. The summed E-state index contributed by atoms with van der Waals surface area (Å²) in [5.74, 6) is -0.132. The lowest BCUT2D eigenvalue weighted by Crippen LogP contribution is -2.38. The molecule has 1 aromatic heterocycles. The van der Waals surface area contributed by atoms with Gasteiger partial charge in [0.25, 0.3) is 5.91 Å². The molecule has 0 aliphatic heterocycles. The Morgan fingerprint density at radius 2 is 1.78 bits per heavy atom. The van der Waals surface area contributed by atoms with Crippen LogP contribution in [-0.2, 0) is 4.79 Å². The van der Waals surface area contributed by atoms with Crippen molar-refractivity contribution in [1.29, 1.82) is 0 Å². The largest absolute Gasteiger partial charge is 0.339 e. The highest BCUT2D eigenvalue weighted by Gasteiger charge is 2.22. The van der Waals surface area contributed by atoms with Crippen LogP contribution in [0.15, 0.2) is 42.5 Å². The average Bonchev–Trinajstić information content (AvgIpc) is 3.12. The van der Waals surface area contributed by atoms with Gasteiger partial charge in [0.1, 0.15) is 0 Å². The van der Waals surface area contributed by atoms with Gasteiger partial charge < -0.3 is 10.2 Å². The van der Waals surface area contributed by atoms with E-state index >= 15 is 0 Å². The smallest absolute Gasteiger partial charge is 0.253 e. The standard InChI is InChI=1S/C22H26N2O2S/c1-16-8-13-20(27-16)14-15-21(25)23-18-11-9-17(10-12-18)22(26)24(2)19-6-4-3-5-7-19/h8-15,19H,3-7H2,1-2H3,(H,23,25). The van der Waals surface area contributed by atoms with E-state index in [0.29, 0.717) is 17.3 Å². The van der Waals surface area contributed by atoms with E-state index in [9.17, 15) is 9.59 Å². The predicted octanol–water partition coefficient (Wildman–Crippen LogP) is 5.11. The Kier molecular flexibility index (Phi) is 6.45. The Labute approximate surface area is 164 Å². The number of carbonyl (C=O) groups is 2. The van der Waals surface area contributed by atoms with E-state index in [2.05, 4.69) is 5.32 Å². The number of anilines is 1. The molecule has 0 radical (unpaired) electrons. The van der Waals surface area contributed by atoms with Gasteiger partial charge in [0.05, 0.1) is 0 Å². The zero-order valence-electron chi connectivity index (χ0n) is 15.9. The van der Waals surface area contributed by atoms with Crippen molar-refractivity contribution in [3.63, 3.8) is 0 Å². The first-order valence-corrected chi connectivity index (χ1v) is 10.3. The Morgan fingerprint density at radius 1 is 1.07 bits per heavy atom. The number of thiophene rings is 1. The third kappa shape index (κ3) is 5.30. The summed E-state index contributed by atoms with van der Waals surface area (Å²) in [6, 6.07) is 11.5. The van der Waals surface area contributed by atoms with E-state index in [1.165, 1.54) is 30.2 Å². The van der Waals surface area contributed by atoms with Crippen LogP contribution in [0.2, 0.25) is 0 Å². The van der Waals surface area contributed by atoms with Crippen LogP contribution in [0, 0.1) is 6.92 Å². The number of hydrogen-bond acceptors (Lipinski definition) is 3. The highest BCUT2D eigenvalue weighted by atomic mass is 32.1. The first-order valence-electron chi connectivity index (χ1n) is 9.45. The molecule has 1 saturated carbocycles. The average molecular weight is 383 g/mol. The Balaban J connectivity index is 1.57. The van der Waals surface area contributed by atoms with Crippen molar-refractivity contribution in [2.24, 2.45) is 0 Å². The first-order chi connectivity index (χ1) is 13.0. The monoisotopic (exact) mass is 382 g/mol. The minimum absolute atomic E-state index is 0.0488. The molecule has 2 aromatic rings. The Bertz CT molecular complexity index is 817. The molecule has 0 unspecified atom stereocenters. The molecule has 0 spiro atoms. The van der Waals surface area contributed by atoms with Crippen LogP contribution in [-0.4, -0.2) is 29.8 Å². The summed E-state index contributed by atoms with van der Waals surface area (Å²) in [6.45, 7) is 2.04. The fraction of sp³-hybridized carbons (Fsp3) is 0.364. The van der Waals surface area contributed by atoms with Crippen LogP contribution in [0.1, 0.15) is 52.2 Å². The van der Waals surface area contributed by atoms with Crippen LogP contribution in [0.25, 0.3) is 6.08 Å². The third-order valence-electron chi connectivity index (χ3n) is 5.00. The lowest BCUT2D eigenvalue weighted by atomic mass is 9.94. The van der Waals surface area contributed by atoms with Crippen LogP contribution < -0.4 is 5.32 Å². The number of nitrogens with one attached hydrogen (secondary N) is 1. The summed E-state index contributed by atoms with van der Waals surface area (Å²) in [7, 11) is 1.89. The Hall–Kier alpha value is -2.40. The molecule has 0 bridgehead atoms. The van der Waals surface area contributed by atoms with E-state index in [1.54, 1.807) is 35.6 Å². The fourth-order valence-electron chi connectivity index (χ4n) is 3.42. The van der Waals surface area contributed by atoms with Crippen molar-refractivity contribution in [2.75, 3.05) is 12.4 Å². The van der Waals surface area contributed by atoms with E-state index < -0.39 is 0 Å². The minimum Gasteiger partial charge on any atom is -0.339 e. The maximum atomic E-state index is 12.7. The van der Waals surface area contributed by atoms with Crippen LogP contribution in [0.3, 0.4) is 0 Å². The van der Waals surface area contributed by atoms with Gasteiger partial charge in [0.2, 0.25) is 5.91 Å². The summed E-state index contributed by atoms with van der Waals surface area (Å²) < 4.78 is 0. The highest BCUT2D eigenvalue weighted by Crippen LogP contribution is 2.23. The molecular formula is C22H26N2O2S. The number of benzene rings is 1. The molecule has 1 aliphatic rings. The first kappa shape index (κ1) is 19.4. The molecular weight excluding hydrogens is 356 g/mol. The van der Waals surface area contributed by atoms with E-state index in [-0.39, 0.29) is 11.8 Å². The zero-order valence-corrected chi connectivity index (χ0v) is 16.7. The topological polar surface area (TPSA) is 49.4 Å². The van der Waals surface area contributed by atoms with Crippen molar-refractivity contribution in [3.05, 3.63) is 57.8 Å². The zero-order chi connectivity index (χ0) is 19.2. The quantitative estimate of drug-likeness (QED) is 0.730. The molecule has 5 heteroatoms. The second kappa shape index (κ2) is 9.00. The number of aryl methyl sites for hydroxylation is 1. The van der Waals surface area contributed by atoms with Gasteiger partial charge in [-0.25, -0.2) is 0 Å². The number of nitrogens with zero attached hydrogens (tertiary/aromatic N) is 1. The third-order valence-corrected chi connectivity index (χ3v) is 5.97. The molecule has 1 heterocycles. The van der Waals surface area contributed by atoms with Gasteiger partial charge >= 0.3 is 0 Å². The summed E-state index contributed by atoms with van der Waals surface area (Å²) >= 11 is 1.65. The molecule has 142 valence electrons. The SMILES string of the molecule is Cc1ccc(C=CC(=O)Nc2ccc(C(=O)N(C)C3CCCCC3)cc2)s1. The maximum Gasteiger partial charge on any atom is 0.253 e. The summed E-state index contributed by atoms with van der Waals surface area (Å²) in [5.41, 5.74) is 1.34. The van der Waals surface area contributed by atoms with Gasteiger partial charge in [-0.2, -0.15) is 0 Å². The molecule has 1 aromatic carbocycles. The van der Waals surface area contributed by atoms with Gasteiger partial charge in [-0.15, -0.1) is 11.3 Å². The minimum atomic E-state index is -0.181.